The standard InChI is InChI=1S/C7H9Cl3N2OS2/c1-4(13)12-5(7(8,9)10)15-6-11-2-3-14-6/h5H,2-3H2,1H3,(H,12,13)/t5-/m0/s1. The summed E-state index contributed by atoms with van der Waals surface area (Å²) in [7, 11) is 0. The smallest absolute Gasteiger partial charge is 0.220 e. The molecule has 8 heteroatoms. The molecule has 3 nitrogen and oxygen atoms in total. The van der Waals surface area contributed by atoms with Crippen LogP contribution in [0.3, 0.4) is 0 Å². The van der Waals surface area contributed by atoms with Crippen LogP contribution >= 0.6 is 58.3 Å². The Balaban J connectivity index is 2.60. The number of carbonyl (C=O) groups excluding carboxylic acids is 1. The van der Waals surface area contributed by atoms with Crippen LogP contribution in [0.25, 0.3) is 0 Å². The van der Waals surface area contributed by atoms with E-state index in [4.69, 9.17) is 34.8 Å². The van der Waals surface area contributed by atoms with E-state index in [9.17, 15) is 4.79 Å². The molecule has 0 spiro atoms. The number of hydrogen-bond donors (Lipinski definition) is 1. The maximum absolute atomic E-state index is 10.9. The van der Waals surface area contributed by atoms with Crippen molar-refractivity contribution in [1.29, 1.82) is 0 Å². The summed E-state index contributed by atoms with van der Waals surface area (Å²) in [5.41, 5.74) is 0. The molecule has 1 aliphatic rings. The van der Waals surface area contributed by atoms with Crippen LogP contribution in [-0.2, 0) is 4.79 Å². The number of amides is 1. The van der Waals surface area contributed by atoms with Crippen molar-refractivity contribution in [3.8, 4) is 0 Å². The summed E-state index contributed by atoms with van der Waals surface area (Å²) in [4.78, 5) is 15.1. The van der Waals surface area contributed by atoms with Crippen molar-refractivity contribution in [3.05, 3.63) is 0 Å². The maximum atomic E-state index is 10.9. The number of rotatable bonds is 2. The highest BCUT2D eigenvalue weighted by molar-refractivity contribution is 8.39. The number of halogens is 3. The van der Waals surface area contributed by atoms with E-state index < -0.39 is 9.17 Å². The molecular weight excluding hydrogens is 299 g/mol. The van der Waals surface area contributed by atoms with E-state index in [1.54, 1.807) is 11.8 Å². The predicted molar refractivity (Wildman–Crippen MR) is 70.2 cm³/mol. The average Bonchev–Trinajstić information content (AvgIpc) is 2.53. The Morgan fingerprint density at radius 2 is 2.33 bits per heavy atom. The van der Waals surface area contributed by atoms with Gasteiger partial charge >= 0.3 is 0 Å². The van der Waals surface area contributed by atoms with E-state index in [1.807, 2.05) is 0 Å². The quantitative estimate of drug-likeness (QED) is 0.630. The van der Waals surface area contributed by atoms with E-state index >= 15 is 0 Å². The molecule has 0 saturated heterocycles. The summed E-state index contributed by atoms with van der Waals surface area (Å²) >= 11 is 20.1. The minimum Gasteiger partial charge on any atom is -0.340 e. The normalized spacial score (nSPS) is 18.5. The van der Waals surface area contributed by atoms with Gasteiger partial charge in [0.05, 0.1) is 6.54 Å². The zero-order chi connectivity index (χ0) is 11.5. The van der Waals surface area contributed by atoms with Crippen LogP contribution in [0.15, 0.2) is 4.99 Å². The summed E-state index contributed by atoms with van der Waals surface area (Å²) in [6.45, 7) is 2.16. The van der Waals surface area contributed by atoms with Crippen molar-refractivity contribution in [1.82, 2.24) is 5.32 Å². The van der Waals surface area contributed by atoms with Gasteiger partial charge in [-0.15, -0.1) is 0 Å². The lowest BCUT2D eigenvalue weighted by atomic mass is 10.6. The zero-order valence-electron chi connectivity index (χ0n) is 7.80. The lowest BCUT2D eigenvalue weighted by Crippen LogP contribution is -2.40. The van der Waals surface area contributed by atoms with Crippen LogP contribution < -0.4 is 5.32 Å². The van der Waals surface area contributed by atoms with Gasteiger partial charge in [0.25, 0.3) is 0 Å². The highest BCUT2D eigenvalue weighted by atomic mass is 35.6. The van der Waals surface area contributed by atoms with Gasteiger partial charge in [-0.2, -0.15) is 0 Å². The van der Waals surface area contributed by atoms with E-state index in [2.05, 4.69) is 10.3 Å². The highest BCUT2D eigenvalue weighted by Crippen LogP contribution is 2.39. The number of hydrogen-bond acceptors (Lipinski definition) is 4. The molecule has 1 atom stereocenters. The van der Waals surface area contributed by atoms with Crippen LogP contribution in [0.5, 0.6) is 0 Å². The van der Waals surface area contributed by atoms with Crippen molar-refractivity contribution < 1.29 is 4.79 Å². The first kappa shape index (κ1) is 13.8. The molecule has 0 aliphatic carbocycles. The lowest BCUT2D eigenvalue weighted by Gasteiger charge is -2.23. The zero-order valence-corrected chi connectivity index (χ0v) is 11.7. The molecule has 0 aromatic heterocycles. The molecule has 1 N–H and O–H groups in total. The lowest BCUT2D eigenvalue weighted by molar-refractivity contribution is -0.119. The van der Waals surface area contributed by atoms with Crippen LogP contribution in [-0.4, -0.2) is 31.7 Å². The molecule has 86 valence electrons. The van der Waals surface area contributed by atoms with Gasteiger partial charge in [0.2, 0.25) is 9.70 Å². The third-order valence-electron chi connectivity index (χ3n) is 1.41. The van der Waals surface area contributed by atoms with Crippen LogP contribution in [0.4, 0.5) is 0 Å². The van der Waals surface area contributed by atoms with Gasteiger partial charge in [-0.05, 0) is 0 Å². The second-order valence-corrected chi connectivity index (χ2v) is 7.54. The Hall–Kier alpha value is 0.710. The molecule has 0 fully saturated rings. The minimum absolute atomic E-state index is 0.234. The predicted octanol–water partition coefficient (Wildman–Crippen LogP) is 2.65. The fraction of sp³-hybridized carbons (Fsp3) is 0.714. The van der Waals surface area contributed by atoms with Gasteiger partial charge in [-0.25, -0.2) is 0 Å². The largest absolute Gasteiger partial charge is 0.340 e. The number of aliphatic imine (C=N–C) groups is 1. The Morgan fingerprint density at radius 1 is 1.67 bits per heavy atom. The van der Waals surface area contributed by atoms with Crippen molar-refractivity contribution >= 4 is 68.6 Å². The van der Waals surface area contributed by atoms with Crippen LogP contribution in [0, 0.1) is 0 Å². The maximum Gasteiger partial charge on any atom is 0.220 e. The van der Waals surface area contributed by atoms with Crippen molar-refractivity contribution in [2.45, 2.75) is 16.1 Å². The molecule has 1 aliphatic heterocycles. The van der Waals surface area contributed by atoms with E-state index in [1.165, 1.54) is 18.7 Å². The fourth-order valence-corrected chi connectivity index (χ4v) is 3.49. The number of thioether (sulfide) groups is 2. The fourth-order valence-electron chi connectivity index (χ4n) is 0.850. The Kier molecular flexibility index (Phi) is 5.39. The van der Waals surface area contributed by atoms with E-state index in [-0.39, 0.29) is 5.91 Å². The second kappa shape index (κ2) is 5.87. The molecule has 15 heavy (non-hydrogen) atoms. The van der Waals surface area contributed by atoms with Gasteiger partial charge in [0, 0.05) is 12.7 Å². The molecule has 1 heterocycles. The van der Waals surface area contributed by atoms with Gasteiger partial charge in [0.15, 0.2) is 0 Å². The van der Waals surface area contributed by atoms with Crippen LogP contribution in [0.2, 0.25) is 0 Å². The summed E-state index contributed by atoms with van der Waals surface area (Å²) in [5, 5.41) is 1.97. The molecule has 0 aromatic rings. The van der Waals surface area contributed by atoms with Crippen LogP contribution in [0.1, 0.15) is 6.92 Å². The molecule has 0 saturated carbocycles. The third-order valence-corrected chi connectivity index (χ3v) is 4.89. The Bertz CT molecular complexity index is 280. The molecule has 0 bridgehead atoms. The third kappa shape index (κ3) is 5.04. The van der Waals surface area contributed by atoms with Crippen molar-refractivity contribution in [2.24, 2.45) is 4.99 Å². The Labute approximate surface area is 112 Å². The monoisotopic (exact) mass is 306 g/mol. The molecular formula is C7H9Cl3N2OS2. The summed E-state index contributed by atoms with van der Waals surface area (Å²) in [6, 6.07) is 0. The average molecular weight is 308 g/mol. The molecule has 0 unspecified atom stereocenters. The van der Waals surface area contributed by atoms with Crippen molar-refractivity contribution in [3.63, 3.8) is 0 Å². The van der Waals surface area contributed by atoms with E-state index in [0.717, 1.165) is 16.7 Å². The SMILES string of the molecule is CC(=O)N[C@@H](SC1=NCCS1)C(Cl)(Cl)Cl. The van der Waals surface area contributed by atoms with Gasteiger partial charge in [-0.3, -0.25) is 9.79 Å². The topological polar surface area (TPSA) is 41.5 Å². The highest BCUT2D eigenvalue weighted by Gasteiger charge is 2.35. The molecule has 1 rings (SSSR count). The second-order valence-electron chi connectivity index (χ2n) is 2.74. The number of nitrogens with zero attached hydrogens (tertiary/aromatic N) is 1. The summed E-state index contributed by atoms with van der Waals surface area (Å²) < 4.78 is -0.692. The number of carbonyl (C=O) groups is 1. The minimum atomic E-state index is -1.54. The number of nitrogens with one attached hydrogen (secondary N) is 1. The summed E-state index contributed by atoms with van der Waals surface area (Å²) in [5.74, 6) is 0.706. The molecule has 0 radical (unpaired) electrons. The Morgan fingerprint density at radius 3 is 2.73 bits per heavy atom. The first-order chi connectivity index (χ1) is 6.89. The van der Waals surface area contributed by atoms with E-state index in [0.29, 0.717) is 0 Å². The first-order valence-corrected chi connectivity index (χ1v) is 7.07. The van der Waals surface area contributed by atoms with Gasteiger partial charge in [0.1, 0.15) is 9.75 Å². The van der Waals surface area contributed by atoms with Gasteiger partial charge in [-0.1, -0.05) is 58.3 Å². The van der Waals surface area contributed by atoms with Gasteiger partial charge < -0.3 is 5.32 Å². The van der Waals surface area contributed by atoms with Crippen molar-refractivity contribution in [2.75, 3.05) is 12.3 Å². The molecule has 1 amide bonds. The molecule has 0 aromatic carbocycles. The summed E-state index contributed by atoms with van der Waals surface area (Å²) in [6.07, 6.45) is 0. The first-order valence-electron chi connectivity index (χ1n) is 4.07. The number of alkyl halides is 3.